The maximum atomic E-state index is 12.5. The number of nitrogens with one attached hydrogen (secondary N) is 2. The number of benzene rings is 1. The highest BCUT2D eigenvalue weighted by Gasteiger charge is 2.21. The third-order valence-electron chi connectivity index (χ3n) is 4.82. The molecule has 1 fully saturated rings. The number of aromatic nitrogens is 3. The molecule has 1 aromatic carbocycles. The van der Waals surface area contributed by atoms with Gasteiger partial charge in [-0.15, -0.1) is 5.10 Å². The molecule has 1 aliphatic rings. The third-order valence-corrected chi connectivity index (χ3v) is 5.78. The van der Waals surface area contributed by atoms with Crippen molar-refractivity contribution in [1.82, 2.24) is 20.5 Å². The molecular formula is C20H28N4O2S. The fraction of sp³-hybridized carbons (Fsp3) is 0.550. The summed E-state index contributed by atoms with van der Waals surface area (Å²) >= 11 is 1.37. The average Bonchev–Trinajstić information content (AvgIpc) is 2.94. The summed E-state index contributed by atoms with van der Waals surface area (Å²) < 4.78 is 5.78. The Bertz CT molecular complexity index is 741. The van der Waals surface area contributed by atoms with Gasteiger partial charge in [0.1, 0.15) is 12.4 Å². The predicted octanol–water partition coefficient (Wildman–Crippen LogP) is 4.01. The Morgan fingerprint density at radius 3 is 2.78 bits per heavy atom. The summed E-state index contributed by atoms with van der Waals surface area (Å²) in [5.74, 6) is 1.55. The molecule has 0 unspecified atom stereocenters. The number of thioether (sulfide) groups is 1. The molecular weight excluding hydrogens is 360 g/mol. The molecule has 1 atom stereocenters. The second kappa shape index (κ2) is 9.78. The van der Waals surface area contributed by atoms with Gasteiger partial charge in [0.2, 0.25) is 11.1 Å². The molecule has 1 heterocycles. The van der Waals surface area contributed by atoms with Crippen LogP contribution in [0.15, 0.2) is 29.4 Å². The van der Waals surface area contributed by atoms with Crippen molar-refractivity contribution in [2.24, 2.45) is 0 Å². The summed E-state index contributed by atoms with van der Waals surface area (Å²) in [6, 6.07) is 8.17. The minimum Gasteiger partial charge on any atom is -0.485 e. The van der Waals surface area contributed by atoms with Gasteiger partial charge in [-0.25, -0.2) is 4.98 Å². The van der Waals surface area contributed by atoms with Crippen LogP contribution in [0.25, 0.3) is 0 Å². The SMILES string of the molecule is Cc1ccccc1OCc1nc(S[C@H](C)C(=O)NC2CCCCCC2)n[nH]1. The van der Waals surface area contributed by atoms with Gasteiger partial charge in [0.15, 0.2) is 5.82 Å². The molecule has 0 spiro atoms. The summed E-state index contributed by atoms with van der Waals surface area (Å²) in [5, 5.41) is 10.6. The summed E-state index contributed by atoms with van der Waals surface area (Å²) in [6.07, 6.45) is 7.14. The predicted molar refractivity (Wildman–Crippen MR) is 107 cm³/mol. The second-order valence-electron chi connectivity index (χ2n) is 7.08. The smallest absolute Gasteiger partial charge is 0.233 e. The number of nitrogens with zero attached hydrogens (tertiary/aromatic N) is 2. The van der Waals surface area contributed by atoms with Crippen LogP contribution in [0.2, 0.25) is 0 Å². The van der Waals surface area contributed by atoms with E-state index in [-0.39, 0.29) is 11.2 Å². The first-order valence-corrected chi connectivity index (χ1v) is 10.6. The maximum absolute atomic E-state index is 12.5. The zero-order valence-electron chi connectivity index (χ0n) is 16.0. The van der Waals surface area contributed by atoms with Crippen LogP contribution in [-0.4, -0.2) is 32.4 Å². The highest BCUT2D eigenvalue weighted by molar-refractivity contribution is 8.00. The zero-order chi connectivity index (χ0) is 19.1. The molecule has 0 aliphatic heterocycles. The van der Waals surface area contributed by atoms with Gasteiger partial charge in [0.05, 0.1) is 5.25 Å². The fourth-order valence-corrected chi connectivity index (χ4v) is 3.97. The Labute approximate surface area is 164 Å². The highest BCUT2D eigenvalue weighted by atomic mass is 32.2. The average molecular weight is 389 g/mol. The van der Waals surface area contributed by atoms with E-state index in [0.717, 1.165) is 24.2 Å². The van der Waals surface area contributed by atoms with E-state index in [2.05, 4.69) is 20.5 Å². The van der Waals surface area contributed by atoms with Crippen LogP contribution >= 0.6 is 11.8 Å². The van der Waals surface area contributed by atoms with Gasteiger partial charge in [0, 0.05) is 6.04 Å². The summed E-state index contributed by atoms with van der Waals surface area (Å²) in [6.45, 7) is 4.23. The quantitative estimate of drug-likeness (QED) is 0.553. The number of amides is 1. The molecule has 7 heteroatoms. The fourth-order valence-electron chi connectivity index (χ4n) is 3.21. The Kier molecular flexibility index (Phi) is 7.15. The van der Waals surface area contributed by atoms with E-state index in [1.807, 2.05) is 38.1 Å². The van der Waals surface area contributed by atoms with Crippen molar-refractivity contribution in [2.45, 2.75) is 75.4 Å². The minimum absolute atomic E-state index is 0.0643. The summed E-state index contributed by atoms with van der Waals surface area (Å²) in [4.78, 5) is 16.9. The second-order valence-corrected chi connectivity index (χ2v) is 8.38. The number of carbonyl (C=O) groups is 1. The number of hydrogen-bond donors (Lipinski definition) is 2. The van der Waals surface area contributed by atoms with E-state index in [9.17, 15) is 4.79 Å². The number of carbonyl (C=O) groups excluding carboxylic acids is 1. The van der Waals surface area contributed by atoms with E-state index in [1.165, 1.54) is 37.4 Å². The lowest BCUT2D eigenvalue weighted by Gasteiger charge is -2.18. The lowest BCUT2D eigenvalue weighted by Crippen LogP contribution is -2.39. The topological polar surface area (TPSA) is 79.9 Å². The Morgan fingerprint density at radius 2 is 2.04 bits per heavy atom. The maximum Gasteiger partial charge on any atom is 0.233 e. The van der Waals surface area contributed by atoms with Crippen LogP contribution in [0.3, 0.4) is 0 Å². The van der Waals surface area contributed by atoms with Crippen LogP contribution in [0.1, 0.15) is 56.8 Å². The first kappa shape index (κ1) is 19.7. The molecule has 3 rings (SSSR count). The highest BCUT2D eigenvalue weighted by Crippen LogP contribution is 2.22. The number of aromatic amines is 1. The normalized spacial score (nSPS) is 16.5. The molecule has 146 valence electrons. The van der Waals surface area contributed by atoms with E-state index in [4.69, 9.17) is 4.74 Å². The molecule has 1 aliphatic carbocycles. The van der Waals surface area contributed by atoms with Crippen LogP contribution in [0.5, 0.6) is 5.75 Å². The molecule has 0 bridgehead atoms. The van der Waals surface area contributed by atoms with E-state index in [0.29, 0.717) is 23.6 Å². The Hall–Kier alpha value is -2.02. The Balaban J connectivity index is 1.47. The van der Waals surface area contributed by atoms with E-state index in [1.54, 1.807) is 0 Å². The number of para-hydroxylation sites is 1. The molecule has 2 aromatic rings. The standard InChI is InChI=1S/C20H28N4O2S/c1-14-9-7-8-12-17(14)26-13-18-22-20(24-23-18)27-15(2)19(25)21-16-10-5-3-4-6-11-16/h7-9,12,15-16H,3-6,10-11,13H2,1-2H3,(H,21,25)(H,22,23,24)/t15-/m1/s1. The molecule has 6 nitrogen and oxygen atoms in total. The van der Waals surface area contributed by atoms with Crippen molar-refractivity contribution in [2.75, 3.05) is 0 Å². The van der Waals surface area contributed by atoms with Crippen LogP contribution < -0.4 is 10.1 Å². The molecule has 1 aromatic heterocycles. The molecule has 0 saturated heterocycles. The monoisotopic (exact) mass is 388 g/mol. The summed E-state index contributed by atoms with van der Waals surface area (Å²) in [7, 11) is 0. The van der Waals surface area contributed by atoms with Crippen molar-refractivity contribution in [3.8, 4) is 5.75 Å². The van der Waals surface area contributed by atoms with Crippen LogP contribution in [0, 0.1) is 6.92 Å². The van der Waals surface area contributed by atoms with E-state index >= 15 is 0 Å². The van der Waals surface area contributed by atoms with Gasteiger partial charge in [-0.2, -0.15) is 0 Å². The lowest BCUT2D eigenvalue weighted by molar-refractivity contribution is -0.121. The van der Waals surface area contributed by atoms with Gasteiger partial charge in [0.25, 0.3) is 0 Å². The first-order valence-electron chi connectivity index (χ1n) is 9.68. The molecule has 2 N–H and O–H groups in total. The van der Waals surface area contributed by atoms with E-state index < -0.39 is 0 Å². The minimum atomic E-state index is -0.228. The number of ether oxygens (including phenoxy) is 1. The number of hydrogen-bond acceptors (Lipinski definition) is 5. The van der Waals surface area contributed by atoms with Crippen molar-refractivity contribution < 1.29 is 9.53 Å². The van der Waals surface area contributed by atoms with Crippen LogP contribution in [-0.2, 0) is 11.4 Å². The number of aryl methyl sites for hydroxylation is 1. The molecule has 1 saturated carbocycles. The third kappa shape index (κ3) is 5.99. The van der Waals surface area contributed by atoms with Gasteiger partial charge in [-0.05, 0) is 38.3 Å². The van der Waals surface area contributed by atoms with Gasteiger partial charge >= 0.3 is 0 Å². The zero-order valence-corrected chi connectivity index (χ0v) is 16.8. The largest absolute Gasteiger partial charge is 0.485 e. The lowest BCUT2D eigenvalue weighted by atomic mass is 10.1. The van der Waals surface area contributed by atoms with Crippen LogP contribution in [0.4, 0.5) is 0 Å². The first-order chi connectivity index (χ1) is 13.1. The van der Waals surface area contributed by atoms with Crippen molar-refractivity contribution in [3.05, 3.63) is 35.7 Å². The number of rotatable bonds is 7. The molecule has 27 heavy (non-hydrogen) atoms. The summed E-state index contributed by atoms with van der Waals surface area (Å²) in [5.41, 5.74) is 1.08. The van der Waals surface area contributed by atoms with Gasteiger partial charge < -0.3 is 10.1 Å². The van der Waals surface area contributed by atoms with Gasteiger partial charge in [-0.1, -0.05) is 55.6 Å². The van der Waals surface area contributed by atoms with Gasteiger partial charge in [-0.3, -0.25) is 9.89 Å². The molecule has 0 radical (unpaired) electrons. The number of H-pyrrole nitrogens is 1. The van der Waals surface area contributed by atoms with Crippen molar-refractivity contribution in [3.63, 3.8) is 0 Å². The molecule has 1 amide bonds. The van der Waals surface area contributed by atoms with Crippen molar-refractivity contribution in [1.29, 1.82) is 0 Å². The Morgan fingerprint density at radius 1 is 1.30 bits per heavy atom. The van der Waals surface area contributed by atoms with Crippen molar-refractivity contribution >= 4 is 17.7 Å².